The van der Waals surface area contributed by atoms with Crippen molar-refractivity contribution in [2.24, 2.45) is 4.99 Å². The summed E-state index contributed by atoms with van der Waals surface area (Å²) < 4.78 is 4.39. The van der Waals surface area contributed by atoms with E-state index in [1.807, 2.05) is 26.0 Å². The summed E-state index contributed by atoms with van der Waals surface area (Å²) >= 11 is 3.15. The number of anilines is 2. The smallest absolute Gasteiger partial charge is 0.205 e. The van der Waals surface area contributed by atoms with Crippen molar-refractivity contribution in [1.82, 2.24) is 24.6 Å². The topological polar surface area (TPSA) is 72.8 Å². The Balaban J connectivity index is 1.51. The zero-order valence-corrected chi connectivity index (χ0v) is 17.4. The highest BCUT2D eigenvalue weighted by Gasteiger charge is 2.22. The Morgan fingerprint density at radius 1 is 1.27 bits per heavy atom. The predicted octanol–water partition coefficient (Wildman–Crippen LogP) is 1.52. The minimum absolute atomic E-state index is 0.688. The van der Waals surface area contributed by atoms with Gasteiger partial charge in [0.05, 0.1) is 12.2 Å². The summed E-state index contributed by atoms with van der Waals surface area (Å²) in [5.74, 6) is 1.86. The molecule has 0 atom stereocenters. The third kappa shape index (κ3) is 4.42. The lowest BCUT2D eigenvalue weighted by atomic mass is 10.3. The van der Waals surface area contributed by atoms with Crippen LogP contribution in [0.2, 0.25) is 0 Å². The Labute approximate surface area is 162 Å². The van der Waals surface area contributed by atoms with Crippen molar-refractivity contribution in [3.63, 3.8) is 0 Å². The zero-order valence-electron chi connectivity index (χ0n) is 15.8. The zero-order chi connectivity index (χ0) is 18.5. The number of hydrogen-bond donors (Lipinski definition) is 1. The SMILES string of the molecule is CCc1nsc(N2CCN(C(=NC)NCc3csc(N(C)C)n3)CC2)n1. The predicted molar refractivity (Wildman–Crippen MR) is 110 cm³/mol. The van der Waals surface area contributed by atoms with Gasteiger partial charge in [0.15, 0.2) is 11.1 Å². The molecule has 8 nitrogen and oxygen atoms in total. The molecule has 1 aliphatic heterocycles. The average molecular weight is 395 g/mol. The fourth-order valence-electron chi connectivity index (χ4n) is 2.71. The number of thiazole rings is 1. The molecule has 1 aliphatic rings. The number of hydrogen-bond acceptors (Lipinski definition) is 8. The van der Waals surface area contributed by atoms with Gasteiger partial charge in [0.2, 0.25) is 5.13 Å². The molecule has 10 heteroatoms. The lowest BCUT2D eigenvalue weighted by Gasteiger charge is -2.36. The van der Waals surface area contributed by atoms with Crippen molar-refractivity contribution in [1.29, 1.82) is 0 Å². The minimum atomic E-state index is 0.688. The van der Waals surface area contributed by atoms with Crippen molar-refractivity contribution >= 4 is 39.1 Å². The van der Waals surface area contributed by atoms with Gasteiger partial charge in [-0.2, -0.15) is 4.37 Å². The van der Waals surface area contributed by atoms with Crippen LogP contribution in [0, 0.1) is 0 Å². The van der Waals surface area contributed by atoms with E-state index in [-0.39, 0.29) is 0 Å². The lowest BCUT2D eigenvalue weighted by Crippen LogP contribution is -2.52. The second-order valence-electron chi connectivity index (χ2n) is 6.24. The number of piperazine rings is 1. The fraction of sp³-hybridized carbons (Fsp3) is 0.625. The summed E-state index contributed by atoms with van der Waals surface area (Å²) in [6.07, 6.45) is 0.888. The third-order valence-electron chi connectivity index (χ3n) is 4.18. The maximum absolute atomic E-state index is 4.61. The first-order valence-corrected chi connectivity index (χ1v) is 10.4. The Hall–Kier alpha value is -1.94. The van der Waals surface area contributed by atoms with E-state index in [1.54, 1.807) is 11.3 Å². The van der Waals surface area contributed by atoms with E-state index in [4.69, 9.17) is 0 Å². The summed E-state index contributed by atoms with van der Waals surface area (Å²) in [7, 11) is 5.85. The number of aryl methyl sites for hydroxylation is 1. The Kier molecular flexibility index (Phi) is 6.25. The number of aromatic nitrogens is 3. The molecule has 26 heavy (non-hydrogen) atoms. The molecule has 0 radical (unpaired) electrons. The molecule has 2 aromatic rings. The van der Waals surface area contributed by atoms with Gasteiger partial charge in [-0.1, -0.05) is 6.92 Å². The van der Waals surface area contributed by atoms with Crippen molar-refractivity contribution in [2.45, 2.75) is 19.9 Å². The van der Waals surface area contributed by atoms with E-state index in [9.17, 15) is 0 Å². The van der Waals surface area contributed by atoms with Crippen LogP contribution in [0.15, 0.2) is 10.4 Å². The van der Waals surface area contributed by atoms with Gasteiger partial charge < -0.3 is 20.0 Å². The van der Waals surface area contributed by atoms with Gasteiger partial charge >= 0.3 is 0 Å². The molecule has 3 heterocycles. The molecular formula is C16H26N8S2. The molecule has 0 aliphatic carbocycles. The quantitative estimate of drug-likeness (QED) is 0.609. The molecule has 2 aromatic heterocycles. The van der Waals surface area contributed by atoms with Crippen molar-refractivity contribution < 1.29 is 0 Å². The molecule has 1 fully saturated rings. The van der Waals surface area contributed by atoms with Crippen molar-refractivity contribution in [3.8, 4) is 0 Å². The van der Waals surface area contributed by atoms with E-state index in [2.05, 4.69) is 46.8 Å². The number of aliphatic imine (C=N–C) groups is 1. The molecule has 0 saturated carbocycles. The number of guanidine groups is 1. The van der Waals surface area contributed by atoms with Gasteiger partial charge in [0.25, 0.3) is 0 Å². The summed E-state index contributed by atoms with van der Waals surface area (Å²) in [5.41, 5.74) is 1.04. The van der Waals surface area contributed by atoms with Crippen LogP contribution in [0.4, 0.5) is 10.3 Å². The van der Waals surface area contributed by atoms with Crippen molar-refractivity contribution in [2.75, 3.05) is 57.1 Å². The number of rotatable bonds is 5. The second kappa shape index (κ2) is 8.63. The summed E-state index contributed by atoms with van der Waals surface area (Å²) in [6.45, 7) is 6.47. The van der Waals surface area contributed by atoms with E-state index in [1.165, 1.54) is 11.5 Å². The highest BCUT2D eigenvalue weighted by molar-refractivity contribution is 7.13. The van der Waals surface area contributed by atoms with Gasteiger partial charge in [-0.15, -0.1) is 11.3 Å². The van der Waals surface area contributed by atoms with Crippen LogP contribution in [0.25, 0.3) is 0 Å². The maximum Gasteiger partial charge on any atom is 0.205 e. The van der Waals surface area contributed by atoms with Crippen LogP contribution in [-0.2, 0) is 13.0 Å². The molecule has 0 unspecified atom stereocenters. The van der Waals surface area contributed by atoms with E-state index < -0.39 is 0 Å². The average Bonchev–Trinajstić information content (AvgIpc) is 3.32. The largest absolute Gasteiger partial charge is 0.354 e. The lowest BCUT2D eigenvalue weighted by molar-refractivity contribution is 0.372. The first-order chi connectivity index (χ1) is 12.6. The van der Waals surface area contributed by atoms with Gasteiger partial charge in [-0.25, -0.2) is 9.97 Å². The van der Waals surface area contributed by atoms with E-state index >= 15 is 0 Å². The van der Waals surface area contributed by atoms with Gasteiger partial charge in [-0.05, 0) is 0 Å². The molecule has 1 saturated heterocycles. The van der Waals surface area contributed by atoms with E-state index in [0.717, 1.165) is 60.3 Å². The van der Waals surface area contributed by atoms with Crippen LogP contribution in [0.3, 0.4) is 0 Å². The first kappa shape index (κ1) is 18.8. The second-order valence-corrected chi connectivity index (χ2v) is 7.80. The number of nitrogens with one attached hydrogen (secondary N) is 1. The maximum atomic E-state index is 4.61. The Morgan fingerprint density at radius 2 is 2.04 bits per heavy atom. The first-order valence-electron chi connectivity index (χ1n) is 8.75. The fourth-order valence-corrected chi connectivity index (χ4v) is 4.27. The summed E-state index contributed by atoms with van der Waals surface area (Å²) in [5, 5.41) is 7.58. The summed E-state index contributed by atoms with van der Waals surface area (Å²) in [6, 6.07) is 0. The molecule has 0 spiro atoms. The van der Waals surface area contributed by atoms with Gasteiger partial charge in [0, 0.05) is 70.7 Å². The summed E-state index contributed by atoms with van der Waals surface area (Å²) in [4.78, 5) is 20.3. The molecule has 0 bridgehead atoms. The van der Waals surface area contributed by atoms with E-state index in [0.29, 0.717) is 6.54 Å². The third-order valence-corrected chi connectivity index (χ3v) is 6.06. The molecular weight excluding hydrogens is 368 g/mol. The molecule has 0 aromatic carbocycles. The van der Waals surface area contributed by atoms with Crippen LogP contribution in [-0.4, -0.2) is 72.5 Å². The van der Waals surface area contributed by atoms with Crippen LogP contribution < -0.4 is 15.1 Å². The molecule has 0 amide bonds. The van der Waals surface area contributed by atoms with Crippen molar-refractivity contribution in [3.05, 3.63) is 16.9 Å². The van der Waals surface area contributed by atoms with Crippen LogP contribution in [0.1, 0.15) is 18.4 Å². The Morgan fingerprint density at radius 3 is 2.62 bits per heavy atom. The highest BCUT2D eigenvalue weighted by Crippen LogP contribution is 2.20. The number of nitrogens with zero attached hydrogens (tertiary/aromatic N) is 7. The van der Waals surface area contributed by atoms with Gasteiger partial charge in [0.1, 0.15) is 5.82 Å². The monoisotopic (exact) mass is 394 g/mol. The van der Waals surface area contributed by atoms with Gasteiger partial charge in [-0.3, -0.25) is 4.99 Å². The molecule has 142 valence electrons. The molecule has 3 rings (SSSR count). The molecule has 1 N–H and O–H groups in total. The standard InChI is InChI=1S/C16H26N8S2/c1-5-13-20-16(26-21-13)24-8-6-23(7-9-24)14(17-2)18-10-12-11-25-15(19-12)22(3)4/h11H,5-10H2,1-4H3,(H,17,18). The van der Waals surface area contributed by atoms with Crippen LogP contribution in [0.5, 0.6) is 0 Å². The normalized spacial score (nSPS) is 15.5. The van der Waals surface area contributed by atoms with Crippen LogP contribution >= 0.6 is 22.9 Å². The minimum Gasteiger partial charge on any atom is -0.354 e. The highest BCUT2D eigenvalue weighted by atomic mass is 32.1. The Bertz CT molecular complexity index is 730.